The van der Waals surface area contributed by atoms with Crippen LogP contribution in [0.1, 0.15) is 24.5 Å². The molecule has 1 unspecified atom stereocenters. The van der Waals surface area contributed by atoms with E-state index in [2.05, 4.69) is 0 Å². The third kappa shape index (κ3) is 2.89. The van der Waals surface area contributed by atoms with Crippen LogP contribution in [0.25, 0.3) is 0 Å². The summed E-state index contributed by atoms with van der Waals surface area (Å²) in [5, 5.41) is 0. The molecule has 0 bridgehead atoms. The van der Waals surface area contributed by atoms with Crippen molar-refractivity contribution in [3.63, 3.8) is 0 Å². The van der Waals surface area contributed by atoms with Crippen molar-refractivity contribution in [3.05, 3.63) is 35.1 Å². The van der Waals surface area contributed by atoms with Crippen LogP contribution < -0.4 is 0 Å². The highest BCUT2D eigenvalue weighted by atomic mass is 32.2. The second-order valence-corrected chi connectivity index (χ2v) is 3.97. The van der Waals surface area contributed by atoms with Gasteiger partial charge >= 0.3 is 0 Å². The first-order valence-electron chi connectivity index (χ1n) is 4.47. The molecule has 1 rings (SSSR count). The Kier molecular flexibility index (Phi) is 4.22. The van der Waals surface area contributed by atoms with E-state index in [9.17, 15) is 13.2 Å². The van der Waals surface area contributed by atoms with Gasteiger partial charge in [0.15, 0.2) is 0 Å². The number of benzene rings is 1. The van der Waals surface area contributed by atoms with Crippen LogP contribution in [0.15, 0.2) is 18.2 Å². The van der Waals surface area contributed by atoms with Gasteiger partial charge in [-0.15, -0.1) is 0 Å². The standard InChI is InChI=1S/C10H13FO2S/c1-2-4-8-5-3-6-10(11)9(8)7-14(12)13/h3,5-6H,2,4,7H2,1H3,(H,12,13)/p-1. The van der Waals surface area contributed by atoms with Crippen LogP contribution in [0.4, 0.5) is 4.39 Å². The van der Waals surface area contributed by atoms with Crippen LogP contribution in [0.2, 0.25) is 0 Å². The molecule has 0 amide bonds. The van der Waals surface area contributed by atoms with Crippen molar-refractivity contribution >= 4 is 11.1 Å². The minimum Gasteiger partial charge on any atom is -0.772 e. The van der Waals surface area contributed by atoms with Gasteiger partial charge in [0.25, 0.3) is 0 Å². The summed E-state index contributed by atoms with van der Waals surface area (Å²) in [6, 6.07) is 4.67. The number of halogens is 1. The lowest BCUT2D eigenvalue weighted by Crippen LogP contribution is -2.02. The van der Waals surface area contributed by atoms with Gasteiger partial charge in [-0.05, 0) is 18.1 Å². The highest BCUT2D eigenvalue weighted by Gasteiger charge is 2.07. The molecule has 0 fully saturated rings. The molecule has 0 saturated heterocycles. The van der Waals surface area contributed by atoms with E-state index in [1.165, 1.54) is 6.07 Å². The Hall–Kier alpha value is -0.740. The summed E-state index contributed by atoms with van der Waals surface area (Å²) in [6.07, 6.45) is 1.59. The number of rotatable bonds is 4. The SMILES string of the molecule is CCCc1cccc(F)c1CS(=O)[O-]. The Bertz CT molecular complexity index is 339. The fraction of sp³-hybridized carbons (Fsp3) is 0.400. The van der Waals surface area contributed by atoms with Gasteiger partial charge < -0.3 is 4.55 Å². The van der Waals surface area contributed by atoms with E-state index in [0.29, 0.717) is 12.0 Å². The molecule has 0 radical (unpaired) electrons. The smallest absolute Gasteiger partial charge is 0.127 e. The van der Waals surface area contributed by atoms with E-state index in [1.807, 2.05) is 6.92 Å². The van der Waals surface area contributed by atoms with Gasteiger partial charge in [0.2, 0.25) is 0 Å². The second-order valence-electron chi connectivity index (χ2n) is 3.08. The quantitative estimate of drug-likeness (QED) is 0.722. The van der Waals surface area contributed by atoms with Crippen molar-refractivity contribution in [1.29, 1.82) is 0 Å². The van der Waals surface area contributed by atoms with Gasteiger partial charge in [0.1, 0.15) is 5.82 Å². The fourth-order valence-electron chi connectivity index (χ4n) is 1.39. The zero-order chi connectivity index (χ0) is 10.6. The van der Waals surface area contributed by atoms with E-state index >= 15 is 0 Å². The molecule has 1 aromatic rings. The predicted octanol–water partition coefficient (Wildman–Crippen LogP) is 2.16. The molecule has 0 N–H and O–H groups in total. The number of hydrogen-bond donors (Lipinski definition) is 0. The molecular formula is C10H12FO2S-. The average molecular weight is 215 g/mol. The summed E-state index contributed by atoms with van der Waals surface area (Å²) >= 11 is -2.23. The van der Waals surface area contributed by atoms with Crippen LogP contribution in [-0.4, -0.2) is 8.76 Å². The van der Waals surface area contributed by atoms with Gasteiger partial charge in [0, 0.05) is 11.3 Å². The molecule has 78 valence electrons. The van der Waals surface area contributed by atoms with Crippen LogP contribution in [0, 0.1) is 5.82 Å². The molecule has 0 spiro atoms. The molecule has 0 aliphatic rings. The lowest BCUT2D eigenvalue weighted by atomic mass is 10.0. The largest absolute Gasteiger partial charge is 0.772 e. The van der Waals surface area contributed by atoms with E-state index in [4.69, 9.17) is 0 Å². The topological polar surface area (TPSA) is 40.1 Å². The van der Waals surface area contributed by atoms with Crippen LogP contribution in [-0.2, 0) is 23.3 Å². The fourth-order valence-corrected chi connectivity index (χ4v) is 1.95. The van der Waals surface area contributed by atoms with Crippen molar-refractivity contribution < 1.29 is 13.2 Å². The van der Waals surface area contributed by atoms with Crippen LogP contribution >= 0.6 is 0 Å². The van der Waals surface area contributed by atoms with Gasteiger partial charge in [0.05, 0.1) is 0 Å². The summed E-state index contributed by atoms with van der Waals surface area (Å²) in [5.74, 6) is -0.665. The maximum absolute atomic E-state index is 13.3. The molecule has 0 aliphatic carbocycles. The first-order valence-corrected chi connectivity index (χ1v) is 5.71. The van der Waals surface area contributed by atoms with E-state index in [0.717, 1.165) is 12.0 Å². The molecule has 0 heterocycles. The summed E-state index contributed by atoms with van der Waals surface area (Å²) in [5.41, 5.74) is 1.10. The molecule has 4 heteroatoms. The molecule has 14 heavy (non-hydrogen) atoms. The van der Waals surface area contributed by atoms with E-state index in [1.54, 1.807) is 12.1 Å². The van der Waals surface area contributed by atoms with Crippen molar-refractivity contribution in [2.45, 2.75) is 25.5 Å². The summed E-state index contributed by atoms with van der Waals surface area (Å²) in [4.78, 5) is 0. The van der Waals surface area contributed by atoms with E-state index < -0.39 is 16.9 Å². The third-order valence-electron chi connectivity index (χ3n) is 2.00. The minimum atomic E-state index is -2.23. The van der Waals surface area contributed by atoms with Gasteiger partial charge in [-0.3, -0.25) is 4.21 Å². The second kappa shape index (κ2) is 5.22. The molecule has 0 saturated carbocycles. The molecule has 2 nitrogen and oxygen atoms in total. The lowest BCUT2D eigenvalue weighted by Gasteiger charge is -2.11. The predicted molar refractivity (Wildman–Crippen MR) is 53.0 cm³/mol. The van der Waals surface area contributed by atoms with Crippen LogP contribution in [0.5, 0.6) is 0 Å². The van der Waals surface area contributed by atoms with Gasteiger partial charge in [-0.1, -0.05) is 36.6 Å². The monoisotopic (exact) mass is 215 g/mol. The molecule has 0 aliphatic heterocycles. The Morgan fingerprint density at radius 3 is 2.79 bits per heavy atom. The Balaban J connectivity index is 3.02. The van der Waals surface area contributed by atoms with E-state index in [-0.39, 0.29) is 5.75 Å². The van der Waals surface area contributed by atoms with Crippen molar-refractivity contribution in [2.24, 2.45) is 0 Å². The zero-order valence-electron chi connectivity index (χ0n) is 7.96. The normalized spacial score (nSPS) is 12.8. The maximum atomic E-state index is 13.3. The Morgan fingerprint density at radius 2 is 2.21 bits per heavy atom. The molecular weight excluding hydrogens is 203 g/mol. The lowest BCUT2D eigenvalue weighted by molar-refractivity contribution is 0.532. The molecule has 0 aromatic heterocycles. The summed E-state index contributed by atoms with van der Waals surface area (Å²) in [6.45, 7) is 1.98. The highest BCUT2D eigenvalue weighted by molar-refractivity contribution is 7.78. The van der Waals surface area contributed by atoms with Crippen LogP contribution in [0.3, 0.4) is 0 Å². The number of hydrogen-bond acceptors (Lipinski definition) is 2. The maximum Gasteiger partial charge on any atom is 0.127 e. The average Bonchev–Trinajstić information content (AvgIpc) is 2.11. The Morgan fingerprint density at radius 1 is 1.50 bits per heavy atom. The van der Waals surface area contributed by atoms with Crippen molar-refractivity contribution in [2.75, 3.05) is 0 Å². The highest BCUT2D eigenvalue weighted by Crippen LogP contribution is 2.16. The molecule has 1 aromatic carbocycles. The van der Waals surface area contributed by atoms with Gasteiger partial charge in [-0.2, -0.15) is 0 Å². The summed E-state index contributed by atoms with van der Waals surface area (Å²) in [7, 11) is 0. The zero-order valence-corrected chi connectivity index (χ0v) is 8.77. The third-order valence-corrected chi connectivity index (χ3v) is 2.52. The van der Waals surface area contributed by atoms with Crippen molar-refractivity contribution in [3.8, 4) is 0 Å². The first kappa shape index (κ1) is 11.3. The number of aryl methyl sites for hydroxylation is 1. The first-order chi connectivity index (χ1) is 6.65. The van der Waals surface area contributed by atoms with Crippen molar-refractivity contribution in [1.82, 2.24) is 0 Å². The molecule has 1 atom stereocenters. The summed E-state index contributed by atoms with van der Waals surface area (Å²) < 4.78 is 34.3. The Labute approximate surface area is 85.4 Å². The minimum absolute atomic E-state index is 0.234. The van der Waals surface area contributed by atoms with Gasteiger partial charge in [-0.25, -0.2) is 4.39 Å².